The Balaban J connectivity index is 1.72. The van der Waals surface area contributed by atoms with Gasteiger partial charge in [-0.3, -0.25) is 14.6 Å². The molecule has 0 bridgehead atoms. The first-order chi connectivity index (χ1) is 13.0. The molecular weight excluding hydrogens is 340 g/mol. The van der Waals surface area contributed by atoms with Gasteiger partial charge in [-0.25, -0.2) is 0 Å². The van der Waals surface area contributed by atoms with E-state index in [1.54, 1.807) is 24.4 Å². The van der Waals surface area contributed by atoms with Crippen LogP contribution in [0.5, 0.6) is 0 Å². The molecule has 0 aliphatic rings. The Morgan fingerprint density at radius 2 is 1.52 bits per heavy atom. The molecule has 3 rings (SSSR count). The van der Waals surface area contributed by atoms with Crippen molar-refractivity contribution in [2.75, 3.05) is 16.0 Å². The van der Waals surface area contributed by atoms with Gasteiger partial charge in [-0.05, 0) is 49.4 Å². The second kappa shape index (κ2) is 8.14. The van der Waals surface area contributed by atoms with Crippen molar-refractivity contribution in [3.8, 4) is 0 Å². The largest absolute Gasteiger partial charge is 0.355 e. The number of nitrogens with one attached hydrogen (secondary N) is 3. The summed E-state index contributed by atoms with van der Waals surface area (Å²) in [4.78, 5) is 27.8. The molecule has 0 saturated carbocycles. The highest BCUT2D eigenvalue weighted by atomic mass is 16.2. The summed E-state index contributed by atoms with van der Waals surface area (Å²) in [5.74, 6) is -0.416. The Morgan fingerprint density at radius 1 is 0.815 bits per heavy atom. The van der Waals surface area contributed by atoms with Crippen LogP contribution in [0.25, 0.3) is 0 Å². The predicted octanol–water partition coefficient (Wildman–Crippen LogP) is 4.34. The second-order valence-electron chi connectivity index (χ2n) is 6.14. The summed E-state index contributed by atoms with van der Waals surface area (Å²) in [6.45, 7) is 3.45. The molecule has 3 N–H and O–H groups in total. The van der Waals surface area contributed by atoms with E-state index in [1.165, 1.54) is 6.92 Å². The van der Waals surface area contributed by atoms with Gasteiger partial charge in [0.2, 0.25) is 5.91 Å². The van der Waals surface area contributed by atoms with Crippen LogP contribution in [0.4, 0.5) is 22.7 Å². The zero-order chi connectivity index (χ0) is 19.2. The molecule has 0 fully saturated rings. The number of pyridine rings is 1. The maximum absolute atomic E-state index is 12.4. The zero-order valence-electron chi connectivity index (χ0n) is 15.1. The number of benzene rings is 2. The SMILES string of the molecule is CC(=O)Nc1cccc(Nc2ccnc(C(=O)Nc3ccc(C)cc3)c2)c1. The smallest absolute Gasteiger partial charge is 0.274 e. The van der Waals surface area contributed by atoms with E-state index in [1.807, 2.05) is 49.4 Å². The monoisotopic (exact) mass is 360 g/mol. The number of rotatable bonds is 5. The van der Waals surface area contributed by atoms with Crippen molar-refractivity contribution in [2.45, 2.75) is 13.8 Å². The van der Waals surface area contributed by atoms with E-state index in [4.69, 9.17) is 0 Å². The van der Waals surface area contributed by atoms with E-state index < -0.39 is 0 Å². The minimum Gasteiger partial charge on any atom is -0.355 e. The van der Waals surface area contributed by atoms with E-state index in [0.29, 0.717) is 17.1 Å². The molecule has 136 valence electrons. The molecule has 6 heteroatoms. The lowest BCUT2D eigenvalue weighted by molar-refractivity contribution is -0.114. The number of nitrogens with zero attached hydrogens (tertiary/aromatic N) is 1. The molecule has 0 unspecified atom stereocenters. The number of anilines is 4. The Labute approximate surface area is 157 Å². The summed E-state index contributed by atoms with van der Waals surface area (Å²) in [5, 5.41) is 8.78. The number of hydrogen-bond acceptors (Lipinski definition) is 4. The van der Waals surface area contributed by atoms with Gasteiger partial charge in [0.25, 0.3) is 5.91 Å². The van der Waals surface area contributed by atoms with Gasteiger partial charge in [0, 0.05) is 35.9 Å². The van der Waals surface area contributed by atoms with Crippen molar-refractivity contribution in [2.24, 2.45) is 0 Å². The van der Waals surface area contributed by atoms with Crippen molar-refractivity contribution in [3.63, 3.8) is 0 Å². The lowest BCUT2D eigenvalue weighted by Crippen LogP contribution is -2.13. The molecule has 0 aliphatic carbocycles. The second-order valence-corrected chi connectivity index (χ2v) is 6.14. The summed E-state index contributed by atoms with van der Waals surface area (Å²) in [6, 6.07) is 18.3. The van der Waals surface area contributed by atoms with Gasteiger partial charge < -0.3 is 16.0 Å². The fraction of sp³-hybridized carbons (Fsp3) is 0.0952. The van der Waals surface area contributed by atoms with Crippen LogP contribution >= 0.6 is 0 Å². The van der Waals surface area contributed by atoms with E-state index >= 15 is 0 Å². The first kappa shape index (κ1) is 18.1. The predicted molar refractivity (Wildman–Crippen MR) is 107 cm³/mol. The minimum absolute atomic E-state index is 0.133. The quantitative estimate of drug-likeness (QED) is 0.632. The molecule has 2 aromatic carbocycles. The molecular formula is C21H20N4O2. The Hall–Kier alpha value is -3.67. The van der Waals surface area contributed by atoms with Gasteiger partial charge in [-0.15, -0.1) is 0 Å². The van der Waals surface area contributed by atoms with E-state index in [-0.39, 0.29) is 11.8 Å². The number of carbonyl (C=O) groups is 2. The zero-order valence-corrected chi connectivity index (χ0v) is 15.1. The Kier molecular flexibility index (Phi) is 5.47. The van der Waals surface area contributed by atoms with Crippen molar-refractivity contribution >= 4 is 34.6 Å². The van der Waals surface area contributed by atoms with E-state index in [9.17, 15) is 9.59 Å². The summed E-state index contributed by atoms with van der Waals surface area (Å²) in [7, 11) is 0. The minimum atomic E-state index is -0.283. The van der Waals surface area contributed by atoms with E-state index in [2.05, 4.69) is 20.9 Å². The number of aryl methyl sites for hydroxylation is 1. The summed E-state index contributed by atoms with van der Waals surface area (Å²) in [5.41, 5.74) is 4.35. The third kappa shape index (κ3) is 5.15. The maximum Gasteiger partial charge on any atom is 0.274 e. The third-order valence-electron chi connectivity index (χ3n) is 3.77. The molecule has 1 heterocycles. The molecule has 3 aromatic rings. The van der Waals surface area contributed by atoms with Crippen LogP contribution in [0.2, 0.25) is 0 Å². The standard InChI is InChI=1S/C21H20N4O2/c1-14-6-8-16(9-7-14)25-21(27)20-13-19(10-11-22-20)24-18-5-3-4-17(12-18)23-15(2)26/h3-13H,1-2H3,(H,22,24)(H,23,26)(H,25,27). The average Bonchev–Trinajstić information content (AvgIpc) is 2.63. The summed E-state index contributed by atoms with van der Waals surface area (Å²) in [6.07, 6.45) is 1.57. The molecule has 1 aromatic heterocycles. The van der Waals surface area contributed by atoms with Crippen LogP contribution in [0.15, 0.2) is 66.9 Å². The fourth-order valence-corrected chi connectivity index (χ4v) is 2.51. The number of amides is 2. The van der Waals surface area contributed by atoms with Crippen LogP contribution in [-0.2, 0) is 4.79 Å². The highest BCUT2D eigenvalue weighted by molar-refractivity contribution is 6.03. The summed E-state index contributed by atoms with van der Waals surface area (Å²) >= 11 is 0. The molecule has 0 atom stereocenters. The fourth-order valence-electron chi connectivity index (χ4n) is 2.51. The van der Waals surface area contributed by atoms with Crippen LogP contribution in [0, 0.1) is 6.92 Å². The highest BCUT2D eigenvalue weighted by Gasteiger charge is 2.09. The van der Waals surface area contributed by atoms with Crippen molar-refractivity contribution < 1.29 is 9.59 Å². The first-order valence-corrected chi connectivity index (χ1v) is 8.48. The maximum atomic E-state index is 12.4. The summed E-state index contributed by atoms with van der Waals surface area (Å²) < 4.78 is 0. The number of hydrogen-bond donors (Lipinski definition) is 3. The molecule has 0 radical (unpaired) electrons. The van der Waals surface area contributed by atoms with Crippen LogP contribution in [-0.4, -0.2) is 16.8 Å². The Morgan fingerprint density at radius 3 is 2.26 bits per heavy atom. The molecule has 6 nitrogen and oxygen atoms in total. The van der Waals surface area contributed by atoms with Gasteiger partial charge in [0.05, 0.1) is 0 Å². The highest BCUT2D eigenvalue weighted by Crippen LogP contribution is 2.21. The lowest BCUT2D eigenvalue weighted by Gasteiger charge is -2.10. The van der Waals surface area contributed by atoms with Gasteiger partial charge >= 0.3 is 0 Å². The van der Waals surface area contributed by atoms with Crippen molar-refractivity contribution in [1.82, 2.24) is 4.98 Å². The molecule has 0 aliphatic heterocycles. The molecule has 27 heavy (non-hydrogen) atoms. The van der Waals surface area contributed by atoms with Gasteiger partial charge in [-0.1, -0.05) is 23.8 Å². The average molecular weight is 360 g/mol. The van der Waals surface area contributed by atoms with Gasteiger partial charge in [-0.2, -0.15) is 0 Å². The van der Waals surface area contributed by atoms with Crippen LogP contribution < -0.4 is 16.0 Å². The third-order valence-corrected chi connectivity index (χ3v) is 3.77. The first-order valence-electron chi connectivity index (χ1n) is 8.48. The normalized spacial score (nSPS) is 10.1. The Bertz CT molecular complexity index is 968. The topological polar surface area (TPSA) is 83.1 Å². The lowest BCUT2D eigenvalue weighted by atomic mass is 10.2. The molecule has 2 amide bonds. The van der Waals surface area contributed by atoms with Crippen molar-refractivity contribution in [3.05, 3.63) is 78.1 Å². The number of carbonyl (C=O) groups excluding carboxylic acids is 2. The van der Waals surface area contributed by atoms with Gasteiger partial charge in [0.15, 0.2) is 0 Å². The number of aromatic nitrogens is 1. The van der Waals surface area contributed by atoms with Crippen LogP contribution in [0.3, 0.4) is 0 Å². The van der Waals surface area contributed by atoms with E-state index in [0.717, 1.165) is 16.9 Å². The van der Waals surface area contributed by atoms with Crippen molar-refractivity contribution in [1.29, 1.82) is 0 Å². The van der Waals surface area contributed by atoms with Gasteiger partial charge in [0.1, 0.15) is 5.69 Å². The van der Waals surface area contributed by atoms with Crippen LogP contribution in [0.1, 0.15) is 23.0 Å². The molecule has 0 saturated heterocycles. The molecule has 0 spiro atoms.